The topological polar surface area (TPSA) is 131 Å². The van der Waals surface area contributed by atoms with E-state index >= 15 is 0 Å². The number of likely N-dealkylation sites (tertiary alicyclic amines) is 1. The fourth-order valence-electron chi connectivity index (χ4n) is 7.23. The van der Waals surface area contributed by atoms with Crippen LogP contribution in [0.2, 0.25) is 0 Å². The van der Waals surface area contributed by atoms with Gasteiger partial charge in [-0.15, -0.1) is 0 Å². The number of hydrogen-bond acceptors (Lipinski definition) is 10. The van der Waals surface area contributed by atoms with Crippen LogP contribution in [-0.2, 0) is 9.47 Å². The molecule has 0 spiro atoms. The van der Waals surface area contributed by atoms with Gasteiger partial charge in [0.1, 0.15) is 22.4 Å². The standard InChI is InChI=1S/C38H44N8O5/c1-38(2,3)51-37(48)44-15-12-26(18-25(44)11-14-39)46-22-40-33-34(46)30-13-16-45(36(47)32(30)41-35(33)43-20-27(21-43)42(4)5)31-19-28(50-23-49-6)17-24-9-7-8-10-29(24)31/h7-10,13,16-17,19,22,25-27H,11-12,15,18,20-21,23H2,1-6H3/t25-,26+/m1/s1. The molecule has 2 atom stereocenters. The zero-order valence-electron chi connectivity index (χ0n) is 30.0. The molecule has 2 aliphatic heterocycles. The van der Waals surface area contributed by atoms with Crippen LogP contribution in [-0.4, -0.2) is 100 Å². The number of methoxy groups -OCH3 is 1. The summed E-state index contributed by atoms with van der Waals surface area (Å²) >= 11 is 0. The van der Waals surface area contributed by atoms with Crippen LogP contribution in [0.3, 0.4) is 0 Å². The fourth-order valence-corrected chi connectivity index (χ4v) is 7.23. The molecular weight excluding hydrogens is 648 g/mol. The third-order valence-corrected chi connectivity index (χ3v) is 9.89. The number of carbonyl (C=O) groups excluding carboxylic acids is 1. The first kappa shape index (κ1) is 34.3. The van der Waals surface area contributed by atoms with Crippen molar-refractivity contribution < 1.29 is 19.0 Å². The van der Waals surface area contributed by atoms with Crippen molar-refractivity contribution in [2.24, 2.45) is 0 Å². The lowest BCUT2D eigenvalue weighted by molar-refractivity contribution is 0.00618. The second-order valence-corrected chi connectivity index (χ2v) is 14.6. The van der Waals surface area contributed by atoms with Gasteiger partial charge in [-0.05, 0) is 65.2 Å². The highest BCUT2D eigenvalue weighted by molar-refractivity contribution is 6.07. The molecule has 7 rings (SSSR count). The van der Waals surface area contributed by atoms with Gasteiger partial charge in [-0.1, -0.05) is 24.3 Å². The number of anilines is 1. The van der Waals surface area contributed by atoms with Crippen LogP contribution in [0.1, 0.15) is 46.1 Å². The van der Waals surface area contributed by atoms with E-state index in [9.17, 15) is 14.9 Å². The van der Waals surface area contributed by atoms with E-state index < -0.39 is 11.7 Å². The molecule has 0 bridgehead atoms. The highest BCUT2D eigenvalue weighted by atomic mass is 16.7. The molecule has 51 heavy (non-hydrogen) atoms. The van der Waals surface area contributed by atoms with Gasteiger partial charge in [-0.25, -0.2) is 14.8 Å². The van der Waals surface area contributed by atoms with Crippen molar-refractivity contribution in [2.75, 3.05) is 52.5 Å². The highest BCUT2D eigenvalue weighted by Crippen LogP contribution is 2.38. The Bertz CT molecular complexity index is 2210. The summed E-state index contributed by atoms with van der Waals surface area (Å²) in [6.07, 6.45) is 4.57. The van der Waals surface area contributed by atoms with Crippen LogP contribution in [0.15, 0.2) is 59.8 Å². The summed E-state index contributed by atoms with van der Waals surface area (Å²) in [7, 11) is 5.70. The van der Waals surface area contributed by atoms with Crippen molar-refractivity contribution in [3.63, 3.8) is 0 Å². The van der Waals surface area contributed by atoms with Gasteiger partial charge in [-0.3, -0.25) is 9.36 Å². The minimum Gasteiger partial charge on any atom is -0.467 e. The molecule has 5 heterocycles. The molecule has 3 aromatic heterocycles. The van der Waals surface area contributed by atoms with Crippen molar-refractivity contribution in [1.29, 1.82) is 5.26 Å². The van der Waals surface area contributed by atoms with Gasteiger partial charge in [0.25, 0.3) is 5.56 Å². The third kappa shape index (κ3) is 6.45. The number of pyridine rings is 2. The molecule has 13 heteroatoms. The van der Waals surface area contributed by atoms with Gasteiger partial charge in [0.15, 0.2) is 12.6 Å². The third-order valence-electron chi connectivity index (χ3n) is 9.89. The molecule has 0 radical (unpaired) electrons. The molecule has 2 aliphatic rings. The predicted molar refractivity (Wildman–Crippen MR) is 196 cm³/mol. The first-order valence-corrected chi connectivity index (χ1v) is 17.3. The van der Waals surface area contributed by atoms with E-state index in [1.54, 1.807) is 22.8 Å². The Morgan fingerprint density at radius 2 is 1.88 bits per heavy atom. The zero-order chi connectivity index (χ0) is 36.0. The van der Waals surface area contributed by atoms with Crippen molar-refractivity contribution in [3.05, 3.63) is 65.3 Å². The van der Waals surface area contributed by atoms with E-state index in [1.165, 1.54) is 0 Å². The molecule has 0 N–H and O–H groups in total. The first-order valence-electron chi connectivity index (χ1n) is 17.3. The van der Waals surface area contributed by atoms with Gasteiger partial charge < -0.3 is 33.5 Å². The number of ether oxygens (including phenoxy) is 3. The second-order valence-electron chi connectivity index (χ2n) is 14.6. The molecule has 2 aromatic carbocycles. The number of benzene rings is 2. The number of nitrogens with zero attached hydrogens (tertiary/aromatic N) is 8. The van der Waals surface area contributed by atoms with Gasteiger partial charge in [-0.2, -0.15) is 5.26 Å². The smallest absolute Gasteiger partial charge is 0.410 e. The van der Waals surface area contributed by atoms with Crippen molar-refractivity contribution in [1.82, 2.24) is 28.9 Å². The second kappa shape index (κ2) is 13.5. The van der Waals surface area contributed by atoms with Crippen LogP contribution < -0.4 is 15.2 Å². The van der Waals surface area contributed by atoms with Crippen LogP contribution in [0.4, 0.5) is 10.6 Å². The van der Waals surface area contributed by atoms with Gasteiger partial charge in [0.05, 0.1) is 30.0 Å². The summed E-state index contributed by atoms with van der Waals surface area (Å²) in [5.74, 6) is 1.26. The minimum atomic E-state index is -0.645. The Labute approximate surface area is 296 Å². The Morgan fingerprint density at radius 3 is 2.61 bits per heavy atom. The monoisotopic (exact) mass is 692 g/mol. The molecule has 266 valence electrons. The SMILES string of the molecule is COCOc1cc(-n2ccc3c(nc(N4CC(N(C)C)C4)c4ncn([C@H]5CCN(C(=O)OC(C)(C)C)[C@H](CC#N)C5)c43)c2=O)c2ccccc2c1. The number of nitriles is 1. The number of aromatic nitrogens is 4. The summed E-state index contributed by atoms with van der Waals surface area (Å²) in [6.45, 7) is 7.55. The van der Waals surface area contributed by atoms with Gasteiger partial charge in [0.2, 0.25) is 0 Å². The lowest BCUT2D eigenvalue weighted by Crippen LogP contribution is -2.57. The first-order chi connectivity index (χ1) is 24.5. The number of piperidine rings is 1. The Hall–Kier alpha value is -5.19. The Morgan fingerprint density at radius 1 is 1.10 bits per heavy atom. The number of imidazole rings is 1. The predicted octanol–water partition coefficient (Wildman–Crippen LogP) is 5.48. The molecule has 1 amide bonds. The number of rotatable bonds is 8. The number of hydrogen-bond donors (Lipinski definition) is 0. The van der Waals surface area contributed by atoms with Gasteiger partial charge in [0, 0.05) is 67.9 Å². The van der Waals surface area contributed by atoms with Crippen molar-refractivity contribution in [2.45, 2.75) is 63.8 Å². The molecule has 2 saturated heterocycles. The van der Waals surface area contributed by atoms with Gasteiger partial charge >= 0.3 is 6.09 Å². The number of likely N-dealkylation sites (N-methyl/N-ethyl adjacent to an activating group) is 1. The maximum absolute atomic E-state index is 14.7. The van der Waals surface area contributed by atoms with E-state index in [4.69, 9.17) is 24.2 Å². The van der Waals surface area contributed by atoms with Crippen LogP contribution in [0, 0.1) is 11.3 Å². The minimum absolute atomic E-state index is 0.0719. The normalized spacial score (nSPS) is 18.4. The average Bonchev–Trinajstić information content (AvgIpc) is 3.52. The summed E-state index contributed by atoms with van der Waals surface area (Å²) in [5.41, 5.74) is 1.65. The zero-order valence-corrected chi connectivity index (χ0v) is 30.0. The average molecular weight is 693 g/mol. The molecular formula is C38H44N8O5. The molecule has 2 fully saturated rings. The summed E-state index contributed by atoms with van der Waals surface area (Å²) in [5, 5.41) is 12.2. The lowest BCUT2D eigenvalue weighted by atomic mass is 9.95. The maximum atomic E-state index is 14.7. The Kier molecular flexibility index (Phi) is 9.07. The summed E-state index contributed by atoms with van der Waals surface area (Å²) < 4.78 is 20.4. The van der Waals surface area contributed by atoms with Crippen LogP contribution in [0.5, 0.6) is 5.75 Å². The van der Waals surface area contributed by atoms with E-state index in [0.717, 1.165) is 34.9 Å². The molecule has 0 unspecified atom stereocenters. The lowest BCUT2D eigenvalue weighted by Gasteiger charge is -2.43. The Balaban J connectivity index is 1.36. The van der Waals surface area contributed by atoms with E-state index in [1.807, 2.05) is 69.6 Å². The van der Waals surface area contributed by atoms with E-state index in [2.05, 4.69) is 34.5 Å². The van der Waals surface area contributed by atoms with Crippen molar-refractivity contribution >= 4 is 44.6 Å². The molecule has 13 nitrogen and oxygen atoms in total. The largest absolute Gasteiger partial charge is 0.467 e. The number of fused-ring (bicyclic) bond motifs is 4. The number of carbonyl (C=O) groups is 1. The molecule has 5 aromatic rings. The highest BCUT2D eigenvalue weighted by Gasteiger charge is 2.37. The quantitative estimate of drug-likeness (QED) is 0.193. The van der Waals surface area contributed by atoms with Crippen molar-refractivity contribution in [3.8, 4) is 17.5 Å². The maximum Gasteiger partial charge on any atom is 0.410 e. The van der Waals surface area contributed by atoms with E-state index in [-0.39, 0.29) is 30.9 Å². The fraction of sp³-hybridized carbons (Fsp3) is 0.447. The van der Waals surface area contributed by atoms with E-state index in [0.29, 0.717) is 53.6 Å². The number of amides is 1. The summed E-state index contributed by atoms with van der Waals surface area (Å²) in [6, 6.07) is 15.8. The van der Waals surface area contributed by atoms with Crippen LogP contribution in [0.25, 0.3) is 38.4 Å². The molecule has 0 aliphatic carbocycles. The van der Waals surface area contributed by atoms with Crippen LogP contribution >= 0.6 is 0 Å². The summed E-state index contributed by atoms with van der Waals surface area (Å²) in [4.78, 5) is 43.9. The molecule has 0 saturated carbocycles.